The van der Waals surface area contributed by atoms with Crippen LogP contribution in [0.1, 0.15) is 40.5 Å². The number of hydrogen-bond acceptors (Lipinski definition) is 3. The average molecular weight is 256 g/mol. The molecule has 0 aliphatic carbocycles. The molecule has 17 heavy (non-hydrogen) atoms. The highest BCUT2D eigenvalue weighted by Crippen LogP contribution is 2.48. The van der Waals surface area contributed by atoms with Crippen molar-refractivity contribution in [3.05, 3.63) is 0 Å². The largest absolute Gasteiger partial charge is 0.329 e. The normalized spacial score (nSPS) is 42.9. The maximum Gasteiger partial charge on any atom is 0.0475 e. The SMILES string of the molecule is CC1CC(C)N(C2(CN)CSCCC2(C)C)C1. The molecular formula is C14H28N2S. The second-order valence-electron chi connectivity index (χ2n) is 6.76. The summed E-state index contributed by atoms with van der Waals surface area (Å²) in [5.74, 6) is 3.34. The van der Waals surface area contributed by atoms with Crippen LogP contribution in [0.25, 0.3) is 0 Å². The van der Waals surface area contributed by atoms with Crippen LogP contribution in [0.3, 0.4) is 0 Å². The Morgan fingerprint density at radius 1 is 1.35 bits per heavy atom. The van der Waals surface area contributed by atoms with E-state index in [4.69, 9.17) is 5.73 Å². The summed E-state index contributed by atoms with van der Waals surface area (Å²) in [7, 11) is 0. The van der Waals surface area contributed by atoms with Crippen molar-refractivity contribution in [2.45, 2.75) is 52.1 Å². The Kier molecular flexibility index (Phi) is 3.82. The van der Waals surface area contributed by atoms with Crippen LogP contribution in [-0.4, -0.2) is 41.1 Å². The van der Waals surface area contributed by atoms with Gasteiger partial charge in [-0.15, -0.1) is 0 Å². The van der Waals surface area contributed by atoms with Gasteiger partial charge in [-0.3, -0.25) is 4.90 Å². The van der Waals surface area contributed by atoms with E-state index in [1.54, 1.807) is 0 Å². The van der Waals surface area contributed by atoms with Crippen LogP contribution >= 0.6 is 11.8 Å². The molecule has 2 fully saturated rings. The van der Waals surface area contributed by atoms with Crippen molar-refractivity contribution in [3.63, 3.8) is 0 Å². The topological polar surface area (TPSA) is 29.3 Å². The Morgan fingerprint density at radius 2 is 2.06 bits per heavy atom. The van der Waals surface area contributed by atoms with Gasteiger partial charge in [0, 0.05) is 30.4 Å². The summed E-state index contributed by atoms with van der Waals surface area (Å²) in [5.41, 5.74) is 6.82. The molecule has 0 radical (unpaired) electrons. The highest BCUT2D eigenvalue weighted by Gasteiger charge is 2.52. The van der Waals surface area contributed by atoms with Crippen molar-refractivity contribution in [1.82, 2.24) is 4.90 Å². The molecule has 3 atom stereocenters. The molecule has 100 valence electrons. The summed E-state index contributed by atoms with van der Waals surface area (Å²) < 4.78 is 0. The van der Waals surface area contributed by atoms with Gasteiger partial charge in [-0.2, -0.15) is 11.8 Å². The summed E-state index contributed by atoms with van der Waals surface area (Å²) in [6.07, 6.45) is 2.63. The molecular weight excluding hydrogens is 228 g/mol. The lowest BCUT2D eigenvalue weighted by atomic mass is 9.69. The third kappa shape index (κ3) is 2.15. The zero-order chi connectivity index (χ0) is 12.7. The molecule has 0 amide bonds. The Hall–Kier alpha value is 0.270. The minimum atomic E-state index is 0.222. The second kappa shape index (κ2) is 4.75. The number of likely N-dealkylation sites (tertiary alicyclic amines) is 1. The lowest BCUT2D eigenvalue weighted by molar-refractivity contribution is -0.00492. The Balaban J connectivity index is 2.29. The van der Waals surface area contributed by atoms with Crippen molar-refractivity contribution in [1.29, 1.82) is 0 Å². The molecule has 2 nitrogen and oxygen atoms in total. The minimum absolute atomic E-state index is 0.222. The summed E-state index contributed by atoms with van der Waals surface area (Å²) >= 11 is 2.10. The second-order valence-corrected chi connectivity index (χ2v) is 7.87. The van der Waals surface area contributed by atoms with Gasteiger partial charge in [0.1, 0.15) is 0 Å². The maximum absolute atomic E-state index is 6.25. The Morgan fingerprint density at radius 3 is 2.53 bits per heavy atom. The van der Waals surface area contributed by atoms with E-state index in [1.807, 2.05) is 0 Å². The van der Waals surface area contributed by atoms with E-state index in [0.29, 0.717) is 11.5 Å². The highest BCUT2D eigenvalue weighted by molar-refractivity contribution is 7.99. The summed E-state index contributed by atoms with van der Waals surface area (Å²) in [6.45, 7) is 11.7. The molecule has 2 aliphatic rings. The van der Waals surface area contributed by atoms with Crippen LogP contribution < -0.4 is 5.73 Å². The lowest BCUT2D eigenvalue weighted by Crippen LogP contribution is -2.66. The van der Waals surface area contributed by atoms with E-state index < -0.39 is 0 Å². The van der Waals surface area contributed by atoms with Gasteiger partial charge in [0.25, 0.3) is 0 Å². The van der Waals surface area contributed by atoms with Gasteiger partial charge < -0.3 is 5.73 Å². The molecule has 0 aromatic heterocycles. The first-order valence-electron chi connectivity index (χ1n) is 6.97. The molecule has 3 unspecified atom stereocenters. The lowest BCUT2D eigenvalue weighted by Gasteiger charge is -2.56. The van der Waals surface area contributed by atoms with Crippen LogP contribution in [0.2, 0.25) is 0 Å². The molecule has 0 bridgehead atoms. The molecule has 0 saturated carbocycles. The van der Waals surface area contributed by atoms with Crippen LogP contribution in [0.15, 0.2) is 0 Å². The zero-order valence-electron chi connectivity index (χ0n) is 11.8. The molecule has 0 aromatic rings. The smallest absolute Gasteiger partial charge is 0.0475 e. The summed E-state index contributed by atoms with van der Waals surface area (Å²) in [4.78, 5) is 2.74. The third-order valence-corrected chi connectivity index (χ3v) is 6.32. The Bertz CT molecular complexity index is 279. The molecule has 2 aliphatic heterocycles. The monoisotopic (exact) mass is 256 g/mol. The van der Waals surface area contributed by atoms with E-state index in [9.17, 15) is 0 Å². The van der Waals surface area contributed by atoms with Crippen LogP contribution in [0.5, 0.6) is 0 Å². The number of rotatable bonds is 2. The van der Waals surface area contributed by atoms with E-state index in [-0.39, 0.29) is 5.54 Å². The molecule has 0 aromatic carbocycles. The van der Waals surface area contributed by atoms with Gasteiger partial charge in [0.05, 0.1) is 0 Å². The van der Waals surface area contributed by atoms with Gasteiger partial charge in [-0.05, 0) is 36.9 Å². The maximum atomic E-state index is 6.25. The molecule has 2 saturated heterocycles. The predicted molar refractivity (Wildman–Crippen MR) is 77.5 cm³/mol. The van der Waals surface area contributed by atoms with Crippen molar-refractivity contribution < 1.29 is 0 Å². The molecule has 0 spiro atoms. The van der Waals surface area contributed by atoms with E-state index in [2.05, 4.69) is 44.4 Å². The van der Waals surface area contributed by atoms with Crippen LogP contribution in [0.4, 0.5) is 0 Å². The van der Waals surface area contributed by atoms with Crippen molar-refractivity contribution in [3.8, 4) is 0 Å². The third-order valence-electron chi connectivity index (χ3n) is 5.14. The number of nitrogens with two attached hydrogens (primary N) is 1. The predicted octanol–water partition coefficient (Wildman–Crippen LogP) is 2.58. The average Bonchev–Trinajstić information content (AvgIpc) is 2.58. The van der Waals surface area contributed by atoms with Crippen molar-refractivity contribution >= 4 is 11.8 Å². The zero-order valence-corrected chi connectivity index (χ0v) is 12.6. The van der Waals surface area contributed by atoms with Crippen molar-refractivity contribution in [2.24, 2.45) is 17.1 Å². The fourth-order valence-electron chi connectivity index (χ4n) is 3.82. The van der Waals surface area contributed by atoms with Crippen molar-refractivity contribution in [2.75, 3.05) is 24.6 Å². The molecule has 2 rings (SSSR count). The van der Waals surface area contributed by atoms with E-state index in [1.165, 1.54) is 30.9 Å². The number of hydrogen-bond donors (Lipinski definition) is 1. The van der Waals surface area contributed by atoms with E-state index in [0.717, 1.165) is 12.5 Å². The molecule has 2 heterocycles. The Labute approximate surface area is 111 Å². The summed E-state index contributed by atoms with van der Waals surface area (Å²) in [5, 5.41) is 0. The molecule has 2 N–H and O–H groups in total. The quantitative estimate of drug-likeness (QED) is 0.823. The first-order valence-corrected chi connectivity index (χ1v) is 8.13. The standard InChI is InChI=1S/C14H28N2S/c1-11-7-12(2)16(8-11)14(9-15)10-17-6-5-13(14,3)4/h11-12H,5-10,15H2,1-4H3. The fraction of sp³-hybridized carbons (Fsp3) is 1.00. The molecule has 3 heteroatoms. The van der Waals surface area contributed by atoms with Crippen LogP contribution in [-0.2, 0) is 0 Å². The highest BCUT2D eigenvalue weighted by atomic mass is 32.2. The van der Waals surface area contributed by atoms with Gasteiger partial charge in [-0.1, -0.05) is 20.8 Å². The van der Waals surface area contributed by atoms with Gasteiger partial charge in [-0.25, -0.2) is 0 Å². The number of nitrogens with zero attached hydrogens (tertiary/aromatic N) is 1. The first kappa shape index (κ1) is 13.7. The van der Waals surface area contributed by atoms with E-state index >= 15 is 0 Å². The fourth-order valence-corrected chi connectivity index (χ4v) is 5.63. The van der Waals surface area contributed by atoms with Crippen LogP contribution in [0, 0.1) is 11.3 Å². The number of thioether (sulfide) groups is 1. The first-order chi connectivity index (χ1) is 7.93. The van der Waals surface area contributed by atoms with Gasteiger partial charge >= 0.3 is 0 Å². The summed E-state index contributed by atoms with van der Waals surface area (Å²) in [6, 6.07) is 0.700. The van der Waals surface area contributed by atoms with Gasteiger partial charge in [0.15, 0.2) is 0 Å². The minimum Gasteiger partial charge on any atom is -0.329 e. The van der Waals surface area contributed by atoms with Gasteiger partial charge in [0.2, 0.25) is 0 Å².